The van der Waals surface area contributed by atoms with Crippen molar-refractivity contribution in [3.8, 4) is 0 Å². The second-order valence-electron chi connectivity index (χ2n) is 5.33. The SMILES string of the molecule is CO[C@H]1O[C@@H](CO)[C@@H](O)[C@@H](Nc2ccc([N+](=O)[O-])cc2[N+](=O)[O-])[C@@H]1O. The molecule has 0 amide bonds. The number of rotatable bonds is 6. The molecule has 0 spiro atoms. The van der Waals surface area contributed by atoms with E-state index in [2.05, 4.69) is 5.32 Å². The fourth-order valence-electron chi connectivity index (χ4n) is 2.54. The molecule has 1 aliphatic rings. The zero-order valence-corrected chi connectivity index (χ0v) is 13.0. The molecule has 12 heteroatoms. The summed E-state index contributed by atoms with van der Waals surface area (Å²) in [4.78, 5) is 20.3. The van der Waals surface area contributed by atoms with Crippen LogP contribution in [0.1, 0.15) is 0 Å². The van der Waals surface area contributed by atoms with Crippen LogP contribution in [0.25, 0.3) is 0 Å². The average molecular weight is 359 g/mol. The van der Waals surface area contributed by atoms with Gasteiger partial charge in [0, 0.05) is 13.2 Å². The van der Waals surface area contributed by atoms with Gasteiger partial charge in [0.25, 0.3) is 11.4 Å². The van der Waals surface area contributed by atoms with Gasteiger partial charge >= 0.3 is 0 Å². The number of non-ortho nitro benzene ring substituents is 1. The number of hydrogen-bond donors (Lipinski definition) is 4. The summed E-state index contributed by atoms with van der Waals surface area (Å²) in [5.41, 5.74) is -1.23. The Hall–Kier alpha value is -2.38. The van der Waals surface area contributed by atoms with Crippen LogP contribution in [0.4, 0.5) is 17.1 Å². The van der Waals surface area contributed by atoms with Gasteiger partial charge < -0.3 is 30.1 Å². The smallest absolute Gasteiger partial charge is 0.299 e. The molecule has 25 heavy (non-hydrogen) atoms. The molecule has 138 valence electrons. The average Bonchev–Trinajstić information content (AvgIpc) is 2.58. The third-order valence-electron chi connectivity index (χ3n) is 3.83. The summed E-state index contributed by atoms with van der Waals surface area (Å²) in [6, 6.07) is 1.72. The molecule has 1 aromatic carbocycles. The van der Waals surface area contributed by atoms with Crippen molar-refractivity contribution in [2.45, 2.75) is 30.6 Å². The van der Waals surface area contributed by atoms with Gasteiger partial charge in [-0.2, -0.15) is 0 Å². The van der Waals surface area contributed by atoms with E-state index < -0.39 is 58.5 Å². The fourth-order valence-corrected chi connectivity index (χ4v) is 2.54. The van der Waals surface area contributed by atoms with Gasteiger partial charge in [-0.3, -0.25) is 20.2 Å². The predicted molar refractivity (Wildman–Crippen MR) is 81.9 cm³/mol. The lowest BCUT2D eigenvalue weighted by molar-refractivity contribution is -0.393. The van der Waals surface area contributed by atoms with Gasteiger partial charge in [0.05, 0.1) is 28.6 Å². The maximum Gasteiger partial charge on any atom is 0.299 e. The van der Waals surface area contributed by atoms with E-state index in [4.69, 9.17) is 9.47 Å². The topological polar surface area (TPSA) is 177 Å². The molecule has 1 fully saturated rings. The minimum absolute atomic E-state index is 0.146. The molecule has 12 nitrogen and oxygen atoms in total. The van der Waals surface area contributed by atoms with Gasteiger partial charge in [0.2, 0.25) is 0 Å². The van der Waals surface area contributed by atoms with Crippen molar-refractivity contribution in [1.82, 2.24) is 0 Å². The summed E-state index contributed by atoms with van der Waals surface area (Å²) in [6.07, 6.45) is -5.11. The van der Waals surface area contributed by atoms with Crippen LogP contribution in [0, 0.1) is 20.2 Å². The largest absolute Gasteiger partial charge is 0.394 e. The molecule has 0 unspecified atom stereocenters. The number of nitrogens with zero attached hydrogens (tertiary/aromatic N) is 2. The van der Waals surface area contributed by atoms with Crippen molar-refractivity contribution in [3.63, 3.8) is 0 Å². The summed E-state index contributed by atoms with van der Waals surface area (Å²) in [7, 11) is 1.24. The molecule has 1 aromatic rings. The van der Waals surface area contributed by atoms with E-state index in [-0.39, 0.29) is 5.69 Å². The number of methoxy groups -OCH3 is 1. The first-order valence-corrected chi connectivity index (χ1v) is 7.14. The van der Waals surface area contributed by atoms with E-state index >= 15 is 0 Å². The van der Waals surface area contributed by atoms with Crippen LogP contribution >= 0.6 is 0 Å². The maximum absolute atomic E-state index is 11.2. The molecule has 4 N–H and O–H groups in total. The fraction of sp³-hybridized carbons (Fsp3) is 0.538. The minimum Gasteiger partial charge on any atom is -0.394 e. The lowest BCUT2D eigenvalue weighted by Crippen LogP contribution is -2.61. The summed E-state index contributed by atoms with van der Waals surface area (Å²) < 4.78 is 10.1. The van der Waals surface area contributed by atoms with Gasteiger partial charge in [-0.05, 0) is 6.07 Å². The van der Waals surface area contributed by atoms with E-state index in [1.807, 2.05) is 0 Å². The van der Waals surface area contributed by atoms with E-state index in [9.17, 15) is 35.5 Å². The van der Waals surface area contributed by atoms with Crippen molar-refractivity contribution in [2.75, 3.05) is 19.0 Å². The molecule has 1 heterocycles. The maximum atomic E-state index is 11.2. The monoisotopic (exact) mass is 359 g/mol. The zero-order valence-electron chi connectivity index (χ0n) is 13.0. The molecule has 0 saturated carbocycles. The van der Waals surface area contributed by atoms with Crippen LogP contribution in [0.15, 0.2) is 18.2 Å². The predicted octanol–water partition coefficient (Wildman–Crippen LogP) is -0.631. The standard InChI is InChI=1S/C13H17N3O9/c1-24-13-12(19)10(11(18)9(5-17)25-13)14-7-3-2-6(15(20)21)4-8(7)16(22)23/h2-4,9-14,17-19H,5H2,1H3/t9-,10+,11+,12-,13-/m0/s1. The number of ether oxygens (including phenoxy) is 2. The number of aliphatic hydroxyl groups excluding tert-OH is 3. The summed E-state index contributed by atoms with van der Waals surface area (Å²) in [5.74, 6) is 0. The highest BCUT2D eigenvalue weighted by Gasteiger charge is 2.45. The molecule has 0 radical (unpaired) electrons. The van der Waals surface area contributed by atoms with Crippen molar-refractivity contribution in [2.24, 2.45) is 0 Å². The van der Waals surface area contributed by atoms with Gasteiger partial charge in [-0.15, -0.1) is 0 Å². The summed E-state index contributed by atoms with van der Waals surface area (Å²) >= 11 is 0. The Morgan fingerprint density at radius 1 is 1.24 bits per heavy atom. The number of nitro benzene ring substituents is 2. The third-order valence-corrected chi connectivity index (χ3v) is 3.83. The molecular formula is C13H17N3O9. The molecule has 5 atom stereocenters. The highest BCUT2D eigenvalue weighted by Crippen LogP contribution is 2.32. The normalized spacial score (nSPS) is 29.2. The van der Waals surface area contributed by atoms with Crippen molar-refractivity contribution in [3.05, 3.63) is 38.4 Å². The Bertz CT molecular complexity index is 640. The first kappa shape index (κ1) is 19.0. The van der Waals surface area contributed by atoms with Gasteiger partial charge in [-0.1, -0.05) is 0 Å². The van der Waals surface area contributed by atoms with Crippen molar-refractivity contribution >= 4 is 17.1 Å². The number of hydrogen-bond acceptors (Lipinski definition) is 10. The minimum atomic E-state index is -1.42. The van der Waals surface area contributed by atoms with Gasteiger partial charge in [-0.25, -0.2) is 0 Å². The van der Waals surface area contributed by atoms with E-state index in [0.717, 1.165) is 18.2 Å². The Labute approximate surface area is 140 Å². The number of nitrogens with one attached hydrogen (secondary N) is 1. The van der Waals surface area contributed by atoms with E-state index in [1.54, 1.807) is 0 Å². The second kappa shape index (κ2) is 7.67. The van der Waals surface area contributed by atoms with Crippen LogP contribution in [0.5, 0.6) is 0 Å². The van der Waals surface area contributed by atoms with Crippen LogP contribution in [0.2, 0.25) is 0 Å². The molecule has 0 aliphatic carbocycles. The Balaban J connectivity index is 2.35. The number of anilines is 1. The molecule has 0 bridgehead atoms. The molecule has 0 aromatic heterocycles. The molecular weight excluding hydrogens is 342 g/mol. The lowest BCUT2D eigenvalue weighted by atomic mass is 9.95. The van der Waals surface area contributed by atoms with Gasteiger partial charge in [0.1, 0.15) is 24.0 Å². The first-order chi connectivity index (χ1) is 11.8. The number of nitro groups is 2. The quantitative estimate of drug-likeness (QED) is 0.377. The third kappa shape index (κ3) is 3.83. The lowest BCUT2D eigenvalue weighted by Gasteiger charge is -2.42. The first-order valence-electron chi connectivity index (χ1n) is 7.14. The van der Waals surface area contributed by atoms with Crippen LogP contribution in [0.3, 0.4) is 0 Å². The summed E-state index contributed by atoms with van der Waals surface area (Å²) in [5, 5.41) is 54.2. The van der Waals surface area contributed by atoms with Gasteiger partial charge in [0.15, 0.2) is 6.29 Å². The molecule has 2 rings (SSSR count). The van der Waals surface area contributed by atoms with Crippen LogP contribution in [-0.2, 0) is 9.47 Å². The van der Waals surface area contributed by atoms with Crippen LogP contribution < -0.4 is 5.32 Å². The van der Waals surface area contributed by atoms with Crippen molar-refractivity contribution in [1.29, 1.82) is 0 Å². The zero-order chi connectivity index (χ0) is 18.7. The Morgan fingerprint density at radius 2 is 1.92 bits per heavy atom. The Kier molecular flexibility index (Phi) is 5.81. The van der Waals surface area contributed by atoms with E-state index in [1.165, 1.54) is 7.11 Å². The summed E-state index contributed by atoms with van der Waals surface area (Å²) in [6.45, 7) is -0.575. The second-order valence-corrected chi connectivity index (χ2v) is 5.33. The number of benzene rings is 1. The molecule has 1 aliphatic heterocycles. The van der Waals surface area contributed by atoms with Crippen LogP contribution in [-0.4, -0.2) is 69.5 Å². The highest BCUT2D eigenvalue weighted by molar-refractivity contribution is 5.66. The Morgan fingerprint density at radius 3 is 2.44 bits per heavy atom. The molecule has 1 saturated heterocycles. The number of aliphatic hydroxyl groups is 3. The highest BCUT2D eigenvalue weighted by atomic mass is 16.7. The van der Waals surface area contributed by atoms with Crippen molar-refractivity contribution < 1.29 is 34.6 Å². The van der Waals surface area contributed by atoms with E-state index in [0.29, 0.717) is 0 Å².